The first-order valence-corrected chi connectivity index (χ1v) is 8.21. The number of carbonyl (C=O) groups is 1. The monoisotopic (exact) mass is 342 g/mol. The summed E-state index contributed by atoms with van der Waals surface area (Å²) in [6, 6.07) is 15.6. The first-order valence-electron chi connectivity index (χ1n) is 8.21. The molecule has 0 aliphatic carbocycles. The molecule has 0 heterocycles. The molecule has 2 rings (SSSR count). The zero-order valence-corrected chi connectivity index (χ0v) is 14.3. The van der Waals surface area contributed by atoms with E-state index in [4.69, 9.17) is 0 Å². The second kappa shape index (κ2) is 10.1. The van der Waals surface area contributed by atoms with Gasteiger partial charge in [-0.25, -0.2) is 4.39 Å². The van der Waals surface area contributed by atoms with Crippen molar-refractivity contribution in [2.75, 3.05) is 26.7 Å². The highest BCUT2D eigenvalue weighted by Crippen LogP contribution is 2.03. The summed E-state index contributed by atoms with van der Waals surface area (Å²) in [5, 5.41) is 9.13. The third-order valence-electron chi connectivity index (χ3n) is 3.56. The lowest BCUT2D eigenvalue weighted by Crippen LogP contribution is -2.42. The summed E-state index contributed by atoms with van der Waals surface area (Å²) in [7, 11) is 1.68. The van der Waals surface area contributed by atoms with Gasteiger partial charge in [0, 0.05) is 32.2 Å². The van der Waals surface area contributed by atoms with Crippen LogP contribution in [-0.4, -0.2) is 38.5 Å². The number of rotatable bonds is 7. The molecule has 0 atom stereocenters. The number of amides is 1. The molecule has 3 N–H and O–H groups in total. The van der Waals surface area contributed by atoms with E-state index in [-0.39, 0.29) is 11.7 Å². The molecule has 0 aromatic heterocycles. The Morgan fingerprint density at radius 3 is 2.40 bits per heavy atom. The molecule has 0 fully saturated rings. The highest BCUT2D eigenvalue weighted by Gasteiger charge is 2.03. The van der Waals surface area contributed by atoms with Gasteiger partial charge in [0.15, 0.2) is 5.96 Å². The van der Waals surface area contributed by atoms with Gasteiger partial charge in [0.2, 0.25) is 0 Å². The van der Waals surface area contributed by atoms with Crippen LogP contribution in [0.4, 0.5) is 4.39 Å². The summed E-state index contributed by atoms with van der Waals surface area (Å²) in [6.07, 6.45) is 0.698. The fraction of sp³-hybridized carbons (Fsp3) is 0.263. The van der Waals surface area contributed by atoms with Crippen LogP contribution in [0, 0.1) is 5.82 Å². The van der Waals surface area contributed by atoms with E-state index in [0.717, 1.165) is 5.56 Å². The minimum Gasteiger partial charge on any atom is -0.356 e. The van der Waals surface area contributed by atoms with Crippen LogP contribution >= 0.6 is 0 Å². The Morgan fingerprint density at radius 1 is 0.960 bits per heavy atom. The molecule has 0 radical (unpaired) electrons. The maximum Gasteiger partial charge on any atom is 0.251 e. The highest BCUT2D eigenvalue weighted by atomic mass is 19.1. The van der Waals surface area contributed by atoms with E-state index < -0.39 is 0 Å². The Labute approximate surface area is 147 Å². The molecule has 5 nitrogen and oxygen atoms in total. The Hall–Kier alpha value is -2.89. The van der Waals surface area contributed by atoms with Crippen molar-refractivity contribution >= 4 is 11.9 Å². The van der Waals surface area contributed by atoms with Crippen molar-refractivity contribution in [3.8, 4) is 0 Å². The van der Waals surface area contributed by atoms with Gasteiger partial charge < -0.3 is 16.0 Å². The summed E-state index contributed by atoms with van der Waals surface area (Å²) in [6.45, 7) is 1.68. The van der Waals surface area contributed by atoms with Crippen molar-refractivity contribution in [2.24, 2.45) is 4.99 Å². The highest BCUT2D eigenvalue weighted by molar-refractivity contribution is 5.94. The molecule has 0 saturated carbocycles. The normalized spacial score (nSPS) is 11.0. The van der Waals surface area contributed by atoms with Crippen molar-refractivity contribution in [2.45, 2.75) is 6.42 Å². The number of hydrogen-bond acceptors (Lipinski definition) is 2. The van der Waals surface area contributed by atoms with E-state index in [9.17, 15) is 9.18 Å². The van der Waals surface area contributed by atoms with Gasteiger partial charge in [0.1, 0.15) is 5.82 Å². The second-order valence-electron chi connectivity index (χ2n) is 5.43. The predicted molar refractivity (Wildman–Crippen MR) is 98.2 cm³/mol. The molecule has 2 aromatic carbocycles. The third kappa shape index (κ3) is 6.63. The van der Waals surface area contributed by atoms with E-state index in [2.05, 4.69) is 20.9 Å². The van der Waals surface area contributed by atoms with Crippen LogP contribution < -0.4 is 16.0 Å². The summed E-state index contributed by atoms with van der Waals surface area (Å²) >= 11 is 0. The molecule has 0 aliphatic rings. The smallest absolute Gasteiger partial charge is 0.251 e. The molecule has 0 spiro atoms. The molecule has 6 heteroatoms. The topological polar surface area (TPSA) is 65.5 Å². The summed E-state index contributed by atoms with van der Waals surface area (Å²) in [4.78, 5) is 16.0. The number of benzene rings is 2. The lowest BCUT2D eigenvalue weighted by molar-refractivity contribution is 0.0954. The molecule has 2 aromatic rings. The fourth-order valence-electron chi connectivity index (χ4n) is 2.29. The molecule has 0 bridgehead atoms. The Morgan fingerprint density at radius 2 is 1.68 bits per heavy atom. The number of aliphatic imine (C=N–C) groups is 1. The second-order valence-corrected chi connectivity index (χ2v) is 5.43. The Balaban J connectivity index is 1.64. The van der Waals surface area contributed by atoms with Gasteiger partial charge in [-0.3, -0.25) is 9.79 Å². The number of hydrogen-bond donors (Lipinski definition) is 3. The minimum atomic E-state index is -0.228. The van der Waals surface area contributed by atoms with Gasteiger partial charge in [-0.1, -0.05) is 30.3 Å². The van der Waals surface area contributed by atoms with Gasteiger partial charge in [0.25, 0.3) is 5.91 Å². The first-order chi connectivity index (χ1) is 12.2. The molecule has 25 heavy (non-hydrogen) atoms. The van der Waals surface area contributed by atoms with E-state index in [0.29, 0.717) is 37.6 Å². The summed E-state index contributed by atoms with van der Waals surface area (Å²) in [5.74, 6) is 0.316. The quantitative estimate of drug-likeness (QED) is 0.409. The van der Waals surface area contributed by atoms with Gasteiger partial charge in [-0.05, 0) is 36.2 Å². The number of nitrogens with zero attached hydrogens (tertiary/aromatic N) is 1. The molecular weight excluding hydrogens is 319 g/mol. The number of nitrogens with one attached hydrogen (secondary N) is 3. The molecule has 0 aliphatic heterocycles. The van der Waals surface area contributed by atoms with Crippen LogP contribution in [-0.2, 0) is 6.42 Å². The van der Waals surface area contributed by atoms with Crippen LogP contribution in [0.15, 0.2) is 59.6 Å². The molecular formula is C19H23FN4O. The molecule has 0 unspecified atom stereocenters. The van der Waals surface area contributed by atoms with Gasteiger partial charge in [0.05, 0.1) is 0 Å². The van der Waals surface area contributed by atoms with Crippen LogP contribution in [0.25, 0.3) is 0 Å². The number of carbonyl (C=O) groups excluding carboxylic acids is 1. The minimum absolute atomic E-state index is 0.101. The van der Waals surface area contributed by atoms with Crippen molar-refractivity contribution in [1.29, 1.82) is 0 Å². The molecule has 0 saturated heterocycles. The lowest BCUT2D eigenvalue weighted by Gasteiger charge is -2.12. The zero-order chi connectivity index (χ0) is 17.9. The van der Waals surface area contributed by atoms with E-state index in [1.54, 1.807) is 25.2 Å². The predicted octanol–water partition coefficient (Wildman–Crippen LogP) is 1.96. The lowest BCUT2D eigenvalue weighted by atomic mass is 10.1. The molecule has 1 amide bonds. The van der Waals surface area contributed by atoms with Crippen molar-refractivity contribution in [1.82, 2.24) is 16.0 Å². The van der Waals surface area contributed by atoms with Crippen molar-refractivity contribution in [3.63, 3.8) is 0 Å². The first kappa shape index (κ1) is 18.4. The Kier molecular flexibility index (Phi) is 7.43. The van der Waals surface area contributed by atoms with Crippen LogP contribution in [0.2, 0.25) is 0 Å². The average molecular weight is 342 g/mol. The third-order valence-corrected chi connectivity index (χ3v) is 3.56. The standard InChI is InChI=1S/C19H23FN4O/c1-21-19(23-11-10-15-6-5-9-17(20)14-15)24-13-12-22-18(25)16-7-3-2-4-8-16/h2-9,14H,10-13H2,1H3,(H,22,25)(H2,21,23,24). The summed E-state index contributed by atoms with van der Waals surface area (Å²) < 4.78 is 13.1. The van der Waals surface area contributed by atoms with E-state index in [1.807, 2.05) is 24.3 Å². The maximum absolute atomic E-state index is 13.1. The van der Waals surface area contributed by atoms with Crippen LogP contribution in [0.3, 0.4) is 0 Å². The van der Waals surface area contributed by atoms with Gasteiger partial charge >= 0.3 is 0 Å². The van der Waals surface area contributed by atoms with E-state index in [1.165, 1.54) is 12.1 Å². The number of halogens is 1. The average Bonchev–Trinajstić information content (AvgIpc) is 2.64. The largest absolute Gasteiger partial charge is 0.356 e. The fourth-order valence-corrected chi connectivity index (χ4v) is 2.29. The van der Waals surface area contributed by atoms with Crippen molar-refractivity contribution in [3.05, 3.63) is 71.5 Å². The Bertz CT molecular complexity index is 704. The van der Waals surface area contributed by atoms with Gasteiger partial charge in [-0.15, -0.1) is 0 Å². The van der Waals surface area contributed by atoms with Gasteiger partial charge in [-0.2, -0.15) is 0 Å². The number of guanidine groups is 1. The zero-order valence-electron chi connectivity index (χ0n) is 14.3. The molecule has 132 valence electrons. The van der Waals surface area contributed by atoms with Crippen molar-refractivity contribution < 1.29 is 9.18 Å². The van der Waals surface area contributed by atoms with E-state index >= 15 is 0 Å². The SMILES string of the molecule is CN=C(NCCNC(=O)c1ccccc1)NCCc1cccc(F)c1. The van der Waals surface area contributed by atoms with Crippen LogP contribution in [0.1, 0.15) is 15.9 Å². The van der Waals surface area contributed by atoms with Crippen LogP contribution in [0.5, 0.6) is 0 Å². The summed E-state index contributed by atoms with van der Waals surface area (Å²) in [5.41, 5.74) is 1.57. The maximum atomic E-state index is 13.1.